The largest absolute Gasteiger partial charge is 0.494 e. The molecule has 1 unspecified atom stereocenters. The standard InChI is InChI=1S/C16H18ClNO/c1-2-19-15-5-3-4-13(11-15)16(18)10-12-6-8-14(17)9-7-12/h3-9,11,16H,2,10,18H2,1H3. The van der Waals surface area contributed by atoms with E-state index in [1.165, 1.54) is 5.56 Å². The van der Waals surface area contributed by atoms with Crippen LogP contribution in [0.15, 0.2) is 48.5 Å². The Hall–Kier alpha value is -1.51. The van der Waals surface area contributed by atoms with Crippen LogP contribution in [0, 0.1) is 0 Å². The Morgan fingerprint density at radius 3 is 2.58 bits per heavy atom. The molecule has 0 saturated carbocycles. The molecule has 100 valence electrons. The van der Waals surface area contributed by atoms with Crippen LogP contribution < -0.4 is 10.5 Å². The fourth-order valence-electron chi connectivity index (χ4n) is 1.99. The lowest BCUT2D eigenvalue weighted by molar-refractivity contribution is 0.339. The summed E-state index contributed by atoms with van der Waals surface area (Å²) in [6.45, 7) is 2.64. The molecule has 0 aromatic heterocycles. The molecule has 2 aromatic rings. The molecule has 0 spiro atoms. The van der Waals surface area contributed by atoms with Crippen molar-refractivity contribution >= 4 is 11.6 Å². The zero-order valence-electron chi connectivity index (χ0n) is 11.0. The van der Waals surface area contributed by atoms with Gasteiger partial charge in [0.2, 0.25) is 0 Å². The van der Waals surface area contributed by atoms with Crippen molar-refractivity contribution in [1.29, 1.82) is 0 Å². The minimum atomic E-state index is -0.0402. The second-order valence-electron chi connectivity index (χ2n) is 4.44. The molecule has 2 rings (SSSR count). The van der Waals surface area contributed by atoms with Crippen molar-refractivity contribution in [2.75, 3.05) is 6.61 Å². The van der Waals surface area contributed by atoms with E-state index in [-0.39, 0.29) is 6.04 Å². The van der Waals surface area contributed by atoms with Crippen molar-refractivity contribution in [3.05, 3.63) is 64.7 Å². The van der Waals surface area contributed by atoms with Gasteiger partial charge in [-0.15, -0.1) is 0 Å². The fraction of sp³-hybridized carbons (Fsp3) is 0.250. The van der Waals surface area contributed by atoms with Crippen LogP contribution in [0.5, 0.6) is 5.75 Å². The highest BCUT2D eigenvalue weighted by molar-refractivity contribution is 6.30. The molecule has 1 atom stereocenters. The Balaban J connectivity index is 2.08. The quantitative estimate of drug-likeness (QED) is 0.896. The van der Waals surface area contributed by atoms with Crippen molar-refractivity contribution < 1.29 is 4.74 Å². The topological polar surface area (TPSA) is 35.2 Å². The molecule has 2 N–H and O–H groups in total. The van der Waals surface area contributed by atoms with E-state index in [2.05, 4.69) is 0 Å². The van der Waals surface area contributed by atoms with E-state index < -0.39 is 0 Å². The summed E-state index contributed by atoms with van der Waals surface area (Å²) >= 11 is 5.87. The Labute approximate surface area is 119 Å². The lowest BCUT2D eigenvalue weighted by Crippen LogP contribution is -2.13. The van der Waals surface area contributed by atoms with Crippen molar-refractivity contribution in [3.63, 3.8) is 0 Å². The van der Waals surface area contributed by atoms with Crippen molar-refractivity contribution in [3.8, 4) is 5.75 Å². The number of halogens is 1. The molecule has 0 bridgehead atoms. The third kappa shape index (κ3) is 3.98. The molecule has 0 aliphatic heterocycles. The molecule has 0 saturated heterocycles. The summed E-state index contributed by atoms with van der Waals surface area (Å²) in [5, 5.41) is 0.746. The van der Waals surface area contributed by atoms with E-state index in [1.807, 2.05) is 55.5 Å². The van der Waals surface area contributed by atoms with Crippen LogP contribution in [0.1, 0.15) is 24.1 Å². The van der Waals surface area contributed by atoms with Gasteiger partial charge in [-0.2, -0.15) is 0 Å². The van der Waals surface area contributed by atoms with Crippen molar-refractivity contribution in [2.45, 2.75) is 19.4 Å². The van der Waals surface area contributed by atoms with Crippen LogP contribution >= 0.6 is 11.6 Å². The van der Waals surface area contributed by atoms with Gasteiger partial charge in [0.15, 0.2) is 0 Å². The summed E-state index contributed by atoms with van der Waals surface area (Å²) in [5.41, 5.74) is 8.51. The molecule has 0 fully saturated rings. The second kappa shape index (κ2) is 6.60. The average molecular weight is 276 g/mol. The maximum absolute atomic E-state index is 6.24. The monoisotopic (exact) mass is 275 g/mol. The molecule has 19 heavy (non-hydrogen) atoms. The summed E-state index contributed by atoms with van der Waals surface area (Å²) in [6.07, 6.45) is 0.784. The molecule has 0 radical (unpaired) electrons. The predicted molar refractivity (Wildman–Crippen MR) is 79.7 cm³/mol. The van der Waals surface area contributed by atoms with Gasteiger partial charge in [0, 0.05) is 11.1 Å². The van der Waals surface area contributed by atoms with E-state index in [0.717, 1.165) is 22.8 Å². The molecule has 0 amide bonds. The number of benzene rings is 2. The maximum atomic E-state index is 6.24. The molecule has 2 nitrogen and oxygen atoms in total. The third-order valence-corrected chi connectivity index (χ3v) is 3.22. The van der Waals surface area contributed by atoms with Crippen molar-refractivity contribution in [2.24, 2.45) is 5.73 Å². The van der Waals surface area contributed by atoms with E-state index in [9.17, 15) is 0 Å². The summed E-state index contributed by atoms with van der Waals surface area (Å²) in [5.74, 6) is 0.867. The fourth-order valence-corrected chi connectivity index (χ4v) is 2.12. The first kappa shape index (κ1) is 13.9. The molecule has 2 aromatic carbocycles. The third-order valence-electron chi connectivity index (χ3n) is 2.97. The van der Waals surface area contributed by atoms with Gasteiger partial charge in [-0.1, -0.05) is 35.9 Å². The first-order chi connectivity index (χ1) is 9.19. The Morgan fingerprint density at radius 1 is 1.16 bits per heavy atom. The van der Waals surface area contributed by atoms with Gasteiger partial charge in [0.25, 0.3) is 0 Å². The second-order valence-corrected chi connectivity index (χ2v) is 4.88. The number of ether oxygens (including phenoxy) is 1. The normalized spacial score (nSPS) is 12.2. The van der Waals surface area contributed by atoms with Gasteiger partial charge in [-0.25, -0.2) is 0 Å². The van der Waals surface area contributed by atoms with E-state index in [0.29, 0.717) is 6.61 Å². The molecular weight excluding hydrogens is 258 g/mol. The number of hydrogen-bond donors (Lipinski definition) is 1. The van der Waals surface area contributed by atoms with Crippen LogP contribution in [0.4, 0.5) is 0 Å². The molecular formula is C16H18ClNO. The minimum Gasteiger partial charge on any atom is -0.494 e. The highest BCUT2D eigenvalue weighted by Crippen LogP contribution is 2.21. The highest BCUT2D eigenvalue weighted by Gasteiger charge is 2.08. The molecule has 0 aliphatic carbocycles. The van der Waals surface area contributed by atoms with Crippen LogP contribution in [0.25, 0.3) is 0 Å². The van der Waals surface area contributed by atoms with Gasteiger partial charge in [-0.05, 0) is 48.7 Å². The lowest BCUT2D eigenvalue weighted by atomic mass is 9.99. The molecule has 0 heterocycles. The lowest BCUT2D eigenvalue weighted by Gasteiger charge is -2.13. The van der Waals surface area contributed by atoms with Gasteiger partial charge in [0.1, 0.15) is 5.75 Å². The number of rotatable bonds is 5. The van der Waals surface area contributed by atoms with E-state index in [1.54, 1.807) is 0 Å². The zero-order valence-corrected chi connectivity index (χ0v) is 11.7. The highest BCUT2D eigenvalue weighted by atomic mass is 35.5. The van der Waals surface area contributed by atoms with Crippen molar-refractivity contribution in [1.82, 2.24) is 0 Å². The summed E-state index contributed by atoms with van der Waals surface area (Å²) in [4.78, 5) is 0. The number of hydrogen-bond acceptors (Lipinski definition) is 2. The smallest absolute Gasteiger partial charge is 0.119 e. The minimum absolute atomic E-state index is 0.0402. The van der Waals surface area contributed by atoms with Crippen LogP contribution in [-0.4, -0.2) is 6.61 Å². The Kier molecular flexibility index (Phi) is 4.83. The molecule has 0 aliphatic rings. The maximum Gasteiger partial charge on any atom is 0.119 e. The van der Waals surface area contributed by atoms with Crippen LogP contribution in [0.3, 0.4) is 0 Å². The zero-order chi connectivity index (χ0) is 13.7. The number of nitrogens with two attached hydrogens (primary N) is 1. The first-order valence-corrected chi connectivity index (χ1v) is 6.79. The first-order valence-electron chi connectivity index (χ1n) is 6.42. The Morgan fingerprint density at radius 2 is 1.89 bits per heavy atom. The van der Waals surface area contributed by atoms with Crippen LogP contribution in [0.2, 0.25) is 5.02 Å². The van der Waals surface area contributed by atoms with E-state index >= 15 is 0 Å². The summed E-state index contributed by atoms with van der Waals surface area (Å²) < 4.78 is 5.49. The summed E-state index contributed by atoms with van der Waals surface area (Å²) in [6, 6.07) is 15.7. The van der Waals surface area contributed by atoms with Gasteiger partial charge < -0.3 is 10.5 Å². The van der Waals surface area contributed by atoms with Crippen LogP contribution in [-0.2, 0) is 6.42 Å². The van der Waals surface area contributed by atoms with E-state index in [4.69, 9.17) is 22.1 Å². The SMILES string of the molecule is CCOc1cccc(C(N)Cc2ccc(Cl)cc2)c1. The summed E-state index contributed by atoms with van der Waals surface area (Å²) in [7, 11) is 0. The average Bonchev–Trinajstić information content (AvgIpc) is 2.42. The molecule has 3 heteroatoms. The van der Waals surface area contributed by atoms with Gasteiger partial charge in [0.05, 0.1) is 6.61 Å². The van der Waals surface area contributed by atoms with Gasteiger partial charge >= 0.3 is 0 Å². The predicted octanol–water partition coefficient (Wildman–Crippen LogP) is 3.98. The Bertz CT molecular complexity index is 525. The van der Waals surface area contributed by atoms with Gasteiger partial charge in [-0.3, -0.25) is 0 Å².